The number of benzene rings is 2. The van der Waals surface area contributed by atoms with Crippen LogP contribution in [0.2, 0.25) is 5.02 Å². The van der Waals surface area contributed by atoms with Crippen molar-refractivity contribution in [2.24, 2.45) is 7.05 Å². The molecule has 3 aromatic rings. The number of hydrogen-bond donors (Lipinski definition) is 2. The van der Waals surface area contributed by atoms with Crippen LogP contribution in [0.15, 0.2) is 41.6 Å². The van der Waals surface area contributed by atoms with Crippen molar-refractivity contribution in [3.05, 3.63) is 63.9 Å². The molecular weight excluding hydrogens is 406 g/mol. The summed E-state index contributed by atoms with van der Waals surface area (Å²) >= 11 is 7.45. The maximum Gasteiger partial charge on any atom is 0.234 e. The van der Waals surface area contributed by atoms with E-state index in [4.69, 9.17) is 11.6 Å². The van der Waals surface area contributed by atoms with Crippen LogP contribution < -0.4 is 10.6 Å². The minimum Gasteiger partial charge on any atom is -0.377 e. The van der Waals surface area contributed by atoms with Crippen molar-refractivity contribution in [1.82, 2.24) is 14.8 Å². The van der Waals surface area contributed by atoms with Gasteiger partial charge < -0.3 is 15.2 Å². The van der Waals surface area contributed by atoms with Crippen LogP contribution in [0.25, 0.3) is 0 Å². The van der Waals surface area contributed by atoms with E-state index in [0.717, 1.165) is 22.8 Å². The van der Waals surface area contributed by atoms with Crippen LogP contribution in [0.4, 0.5) is 11.4 Å². The average Bonchev–Trinajstić information content (AvgIpc) is 3.03. The Morgan fingerprint density at radius 3 is 2.52 bits per heavy atom. The summed E-state index contributed by atoms with van der Waals surface area (Å²) in [5.41, 5.74) is 5.07. The van der Waals surface area contributed by atoms with Crippen LogP contribution in [0, 0.1) is 20.8 Å². The number of nitrogens with zero attached hydrogens (tertiary/aromatic N) is 3. The molecule has 29 heavy (non-hydrogen) atoms. The predicted molar refractivity (Wildman–Crippen MR) is 120 cm³/mol. The fraction of sp³-hybridized carbons (Fsp3) is 0.286. The Labute approximate surface area is 180 Å². The number of nitrogens with one attached hydrogen (secondary N) is 2. The molecule has 2 aromatic carbocycles. The number of anilines is 2. The second-order valence-corrected chi connectivity index (χ2v) is 8.18. The molecule has 2 N–H and O–H groups in total. The third kappa shape index (κ3) is 5.10. The Morgan fingerprint density at radius 1 is 1.10 bits per heavy atom. The molecule has 0 saturated carbocycles. The van der Waals surface area contributed by atoms with Crippen molar-refractivity contribution in [1.29, 1.82) is 0 Å². The smallest absolute Gasteiger partial charge is 0.234 e. The van der Waals surface area contributed by atoms with E-state index in [1.807, 2.05) is 36.7 Å². The van der Waals surface area contributed by atoms with Gasteiger partial charge in [0.1, 0.15) is 0 Å². The molecule has 0 saturated heterocycles. The first-order valence-corrected chi connectivity index (χ1v) is 10.6. The molecule has 0 atom stereocenters. The number of carbonyl (C=O) groups is 1. The van der Waals surface area contributed by atoms with E-state index in [9.17, 15) is 4.79 Å². The maximum absolute atomic E-state index is 12.3. The molecule has 0 fully saturated rings. The fourth-order valence-electron chi connectivity index (χ4n) is 2.94. The molecule has 0 unspecified atom stereocenters. The zero-order valence-corrected chi connectivity index (χ0v) is 18.5. The van der Waals surface area contributed by atoms with E-state index >= 15 is 0 Å². The van der Waals surface area contributed by atoms with Crippen LogP contribution in [-0.4, -0.2) is 26.4 Å². The first-order chi connectivity index (χ1) is 13.9. The highest BCUT2D eigenvalue weighted by molar-refractivity contribution is 7.99. The summed E-state index contributed by atoms with van der Waals surface area (Å²) in [5.74, 6) is 0.933. The molecule has 0 aliphatic carbocycles. The third-order valence-electron chi connectivity index (χ3n) is 4.70. The van der Waals surface area contributed by atoms with Crippen molar-refractivity contribution in [3.63, 3.8) is 0 Å². The van der Waals surface area contributed by atoms with Gasteiger partial charge in [-0.2, -0.15) is 0 Å². The van der Waals surface area contributed by atoms with Gasteiger partial charge in [0.25, 0.3) is 0 Å². The second kappa shape index (κ2) is 9.33. The summed E-state index contributed by atoms with van der Waals surface area (Å²) < 4.78 is 1.91. The lowest BCUT2D eigenvalue weighted by molar-refractivity contribution is -0.113. The number of thioether (sulfide) groups is 1. The van der Waals surface area contributed by atoms with E-state index in [0.29, 0.717) is 16.7 Å². The van der Waals surface area contributed by atoms with E-state index in [1.165, 1.54) is 22.9 Å². The molecule has 0 radical (unpaired) electrons. The SMILES string of the molecule is Cc1cccc(C)c1NCc1nnc(SCC(=O)Nc2cccc(Cl)c2C)n1C. The lowest BCUT2D eigenvalue weighted by Crippen LogP contribution is -2.15. The number of aryl methyl sites for hydroxylation is 2. The van der Waals surface area contributed by atoms with Crippen LogP contribution in [0.1, 0.15) is 22.5 Å². The Balaban J connectivity index is 1.58. The van der Waals surface area contributed by atoms with Gasteiger partial charge in [0.05, 0.1) is 12.3 Å². The number of hydrogen-bond acceptors (Lipinski definition) is 5. The molecule has 0 aliphatic heterocycles. The minimum atomic E-state index is -0.112. The largest absolute Gasteiger partial charge is 0.377 e. The van der Waals surface area contributed by atoms with Gasteiger partial charge in [0.15, 0.2) is 11.0 Å². The van der Waals surface area contributed by atoms with Crippen LogP contribution in [0.3, 0.4) is 0 Å². The van der Waals surface area contributed by atoms with Gasteiger partial charge in [-0.15, -0.1) is 10.2 Å². The van der Waals surface area contributed by atoms with Crippen molar-refractivity contribution in [2.75, 3.05) is 16.4 Å². The normalized spacial score (nSPS) is 10.8. The third-order valence-corrected chi connectivity index (χ3v) is 6.13. The van der Waals surface area contributed by atoms with Crippen molar-refractivity contribution >= 4 is 40.6 Å². The van der Waals surface area contributed by atoms with Crippen molar-refractivity contribution < 1.29 is 4.79 Å². The topological polar surface area (TPSA) is 71.8 Å². The van der Waals surface area contributed by atoms with E-state index in [2.05, 4.69) is 46.8 Å². The summed E-state index contributed by atoms with van der Waals surface area (Å²) in [7, 11) is 1.91. The van der Waals surface area contributed by atoms with E-state index in [-0.39, 0.29) is 11.7 Å². The number of halogens is 1. The lowest BCUT2D eigenvalue weighted by Gasteiger charge is -2.12. The molecule has 152 valence electrons. The molecule has 0 aliphatic rings. The minimum absolute atomic E-state index is 0.112. The molecule has 1 aromatic heterocycles. The zero-order valence-electron chi connectivity index (χ0n) is 16.9. The number of para-hydroxylation sites is 1. The quantitative estimate of drug-likeness (QED) is 0.531. The molecule has 1 heterocycles. The van der Waals surface area contributed by atoms with Crippen molar-refractivity contribution in [3.8, 4) is 0 Å². The highest BCUT2D eigenvalue weighted by atomic mass is 35.5. The Kier molecular flexibility index (Phi) is 6.82. The summed E-state index contributed by atoms with van der Waals surface area (Å²) in [5, 5.41) is 16.1. The summed E-state index contributed by atoms with van der Waals surface area (Å²) in [6.45, 7) is 6.59. The summed E-state index contributed by atoms with van der Waals surface area (Å²) in [6.07, 6.45) is 0. The van der Waals surface area contributed by atoms with E-state index < -0.39 is 0 Å². The molecule has 1 amide bonds. The van der Waals surface area contributed by atoms with Gasteiger partial charge in [-0.1, -0.05) is 47.6 Å². The number of rotatable bonds is 7. The summed E-state index contributed by atoms with van der Waals surface area (Å²) in [4.78, 5) is 12.3. The molecule has 0 bridgehead atoms. The Morgan fingerprint density at radius 2 is 1.79 bits per heavy atom. The standard InChI is InChI=1S/C21H24ClN5OS/c1-13-7-5-8-14(2)20(13)23-11-18-25-26-21(27(18)4)29-12-19(28)24-17-10-6-9-16(22)15(17)3/h5-10,23H,11-12H2,1-4H3,(H,24,28). The Bertz CT molecular complexity index is 1010. The van der Waals surface area contributed by atoms with Gasteiger partial charge in [0.2, 0.25) is 5.91 Å². The van der Waals surface area contributed by atoms with Crippen LogP contribution in [0.5, 0.6) is 0 Å². The van der Waals surface area contributed by atoms with Crippen LogP contribution >= 0.6 is 23.4 Å². The zero-order chi connectivity index (χ0) is 21.0. The second-order valence-electron chi connectivity index (χ2n) is 6.83. The lowest BCUT2D eigenvalue weighted by atomic mass is 10.1. The number of carbonyl (C=O) groups excluding carboxylic acids is 1. The highest BCUT2D eigenvalue weighted by Crippen LogP contribution is 2.24. The molecule has 0 spiro atoms. The van der Waals surface area contributed by atoms with Gasteiger partial charge in [-0.25, -0.2) is 0 Å². The average molecular weight is 430 g/mol. The molecule has 6 nitrogen and oxygen atoms in total. The van der Waals surface area contributed by atoms with Crippen molar-refractivity contribution in [2.45, 2.75) is 32.5 Å². The van der Waals surface area contributed by atoms with Gasteiger partial charge in [-0.3, -0.25) is 4.79 Å². The fourth-order valence-corrected chi connectivity index (χ4v) is 3.85. The Hall–Kier alpha value is -2.51. The number of aromatic nitrogens is 3. The van der Waals surface area contributed by atoms with E-state index in [1.54, 1.807) is 6.07 Å². The van der Waals surface area contributed by atoms with Gasteiger partial charge >= 0.3 is 0 Å². The highest BCUT2D eigenvalue weighted by Gasteiger charge is 2.13. The molecule has 3 rings (SSSR count). The first kappa shape index (κ1) is 21.2. The monoisotopic (exact) mass is 429 g/mol. The maximum atomic E-state index is 12.3. The van der Waals surface area contributed by atoms with Gasteiger partial charge in [-0.05, 0) is 49.6 Å². The predicted octanol–water partition coefficient (Wildman–Crippen LogP) is 4.74. The molecule has 8 heteroatoms. The first-order valence-electron chi connectivity index (χ1n) is 9.23. The van der Waals surface area contributed by atoms with Crippen LogP contribution in [-0.2, 0) is 18.4 Å². The molecular formula is C21H24ClN5OS. The number of amides is 1. The summed E-state index contributed by atoms with van der Waals surface area (Å²) in [6, 6.07) is 11.7. The van der Waals surface area contributed by atoms with Gasteiger partial charge in [0, 0.05) is 23.4 Å².